The third-order valence-electron chi connectivity index (χ3n) is 4.06. The molecule has 0 spiro atoms. The number of sulfone groups is 1. The van der Waals surface area contributed by atoms with E-state index in [0.29, 0.717) is 23.2 Å². The van der Waals surface area contributed by atoms with E-state index in [-0.39, 0.29) is 23.8 Å². The lowest BCUT2D eigenvalue weighted by atomic mass is 10.0. The average molecular weight is 342 g/mol. The van der Waals surface area contributed by atoms with Crippen LogP contribution in [-0.4, -0.2) is 48.9 Å². The molecular formula is C15H22N2O5S. The molecule has 1 aliphatic heterocycles. The summed E-state index contributed by atoms with van der Waals surface area (Å²) in [6.07, 6.45) is 0.380. The Hall–Kier alpha value is -1.83. The van der Waals surface area contributed by atoms with Crippen LogP contribution in [0.4, 0.5) is 0 Å². The molecule has 1 aromatic rings. The Labute approximate surface area is 135 Å². The molecule has 7 nitrogen and oxygen atoms in total. The highest BCUT2D eigenvalue weighted by Gasteiger charge is 2.40. The molecule has 0 aromatic carbocycles. The van der Waals surface area contributed by atoms with Gasteiger partial charge in [0.05, 0.1) is 29.2 Å². The zero-order valence-electron chi connectivity index (χ0n) is 13.8. The summed E-state index contributed by atoms with van der Waals surface area (Å²) < 4.78 is 28.3. The number of aryl methyl sites for hydroxylation is 1. The molecule has 1 aromatic heterocycles. The zero-order valence-corrected chi connectivity index (χ0v) is 14.6. The van der Waals surface area contributed by atoms with E-state index in [1.165, 1.54) is 0 Å². The van der Waals surface area contributed by atoms with Crippen molar-refractivity contribution < 1.29 is 22.7 Å². The third kappa shape index (κ3) is 3.57. The quantitative estimate of drug-likeness (QED) is 0.798. The topological polar surface area (TPSA) is 105 Å². The van der Waals surface area contributed by atoms with Crippen LogP contribution in [0.1, 0.15) is 52.4 Å². The largest absolute Gasteiger partial charge is 0.462 e. The monoisotopic (exact) mass is 342 g/mol. The number of esters is 1. The van der Waals surface area contributed by atoms with Crippen LogP contribution in [0.2, 0.25) is 0 Å². The van der Waals surface area contributed by atoms with E-state index < -0.39 is 27.3 Å². The van der Waals surface area contributed by atoms with Crippen molar-refractivity contribution in [2.24, 2.45) is 0 Å². The summed E-state index contributed by atoms with van der Waals surface area (Å²) in [5, 5.41) is 2.78. The van der Waals surface area contributed by atoms with Crippen LogP contribution in [0.25, 0.3) is 0 Å². The van der Waals surface area contributed by atoms with E-state index >= 15 is 0 Å². The van der Waals surface area contributed by atoms with Crippen LogP contribution < -0.4 is 5.32 Å². The lowest BCUT2D eigenvalue weighted by molar-refractivity contribution is 0.0525. The van der Waals surface area contributed by atoms with E-state index in [4.69, 9.17) is 4.74 Å². The molecule has 2 rings (SSSR count). The van der Waals surface area contributed by atoms with E-state index in [9.17, 15) is 18.0 Å². The van der Waals surface area contributed by atoms with Crippen LogP contribution in [0, 0.1) is 13.8 Å². The number of H-pyrrole nitrogens is 1. The van der Waals surface area contributed by atoms with Crippen molar-refractivity contribution in [2.45, 2.75) is 39.7 Å². The highest BCUT2D eigenvalue weighted by molar-refractivity contribution is 7.91. The van der Waals surface area contributed by atoms with E-state index in [1.54, 1.807) is 27.7 Å². The minimum Gasteiger partial charge on any atom is -0.462 e. The van der Waals surface area contributed by atoms with Gasteiger partial charge in [-0.25, -0.2) is 13.2 Å². The maximum atomic E-state index is 12.5. The van der Waals surface area contributed by atoms with Crippen LogP contribution in [-0.2, 0) is 14.6 Å². The predicted octanol–water partition coefficient (Wildman–Crippen LogP) is 1.12. The van der Waals surface area contributed by atoms with Gasteiger partial charge in [0.25, 0.3) is 5.91 Å². The molecule has 2 heterocycles. The van der Waals surface area contributed by atoms with Gasteiger partial charge in [0.15, 0.2) is 9.84 Å². The fraction of sp³-hybridized carbons (Fsp3) is 0.600. The summed E-state index contributed by atoms with van der Waals surface area (Å²) >= 11 is 0. The third-order valence-corrected chi connectivity index (χ3v) is 5.97. The fourth-order valence-electron chi connectivity index (χ4n) is 2.93. The lowest BCUT2D eigenvalue weighted by Crippen LogP contribution is -2.47. The highest BCUT2D eigenvalue weighted by Crippen LogP contribution is 2.25. The number of hydrogen-bond donors (Lipinski definition) is 2. The Morgan fingerprint density at radius 3 is 2.52 bits per heavy atom. The van der Waals surface area contributed by atoms with Crippen LogP contribution in [0.3, 0.4) is 0 Å². The number of carbonyl (C=O) groups excluding carboxylic acids is 2. The molecule has 128 valence electrons. The molecule has 0 saturated carbocycles. The number of amides is 1. The van der Waals surface area contributed by atoms with Crippen molar-refractivity contribution >= 4 is 21.7 Å². The van der Waals surface area contributed by atoms with E-state index in [1.807, 2.05) is 0 Å². The zero-order chi connectivity index (χ0) is 17.4. The van der Waals surface area contributed by atoms with Gasteiger partial charge in [0, 0.05) is 5.69 Å². The van der Waals surface area contributed by atoms with Crippen LogP contribution in [0.5, 0.6) is 0 Å². The molecule has 0 radical (unpaired) electrons. The molecule has 1 saturated heterocycles. The number of aromatic nitrogens is 1. The number of hydrogen-bond acceptors (Lipinski definition) is 5. The van der Waals surface area contributed by atoms with Gasteiger partial charge < -0.3 is 15.0 Å². The minimum atomic E-state index is -3.11. The predicted molar refractivity (Wildman–Crippen MR) is 85.4 cm³/mol. The van der Waals surface area contributed by atoms with E-state index in [0.717, 1.165) is 0 Å². The van der Waals surface area contributed by atoms with Crippen molar-refractivity contribution in [2.75, 3.05) is 18.1 Å². The Morgan fingerprint density at radius 2 is 2.00 bits per heavy atom. The van der Waals surface area contributed by atoms with Crippen molar-refractivity contribution in [3.63, 3.8) is 0 Å². The first kappa shape index (κ1) is 17.5. The smallest absolute Gasteiger partial charge is 0.340 e. The Kier molecular flexibility index (Phi) is 4.57. The van der Waals surface area contributed by atoms with Crippen molar-refractivity contribution in [1.29, 1.82) is 0 Å². The SMILES string of the molecule is CCOC(=O)c1c(C)[nH]c(C(=O)N[C@]2(C)CCS(=O)(=O)C2)c1C. The molecular weight excluding hydrogens is 320 g/mol. The first-order valence-corrected chi connectivity index (χ1v) is 9.30. The second kappa shape index (κ2) is 5.99. The summed E-state index contributed by atoms with van der Waals surface area (Å²) in [5.74, 6) is -0.899. The lowest BCUT2D eigenvalue weighted by Gasteiger charge is -2.23. The summed E-state index contributed by atoms with van der Waals surface area (Å²) in [6.45, 7) is 7.04. The molecule has 2 N–H and O–H groups in total. The first-order chi connectivity index (χ1) is 10.6. The van der Waals surface area contributed by atoms with Gasteiger partial charge in [-0.3, -0.25) is 4.79 Å². The Bertz CT molecular complexity index is 750. The maximum Gasteiger partial charge on any atom is 0.340 e. The average Bonchev–Trinajstić information content (AvgIpc) is 2.86. The number of carbonyl (C=O) groups is 2. The molecule has 0 bridgehead atoms. The second-order valence-electron chi connectivity index (χ2n) is 6.20. The fourth-order valence-corrected chi connectivity index (χ4v) is 5.03. The molecule has 1 aliphatic rings. The molecule has 23 heavy (non-hydrogen) atoms. The van der Waals surface area contributed by atoms with Crippen LogP contribution >= 0.6 is 0 Å². The van der Waals surface area contributed by atoms with Gasteiger partial charge in [0.2, 0.25) is 0 Å². The molecule has 1 atom stereocenters. The molecule has 8 heteroatoms. The van der Waals surface area contributed by atoms with E-state index in [2.05, 4.69) is 10.3 Å². The van der Waals surface area contributed by atoms with Gasteiger partial charge in [-0.15, -0.1) is 0 Å². The van der Waals surface area contributed by atoms with Gasteiger partial charge in [0.1, 0.15) is 5.69 Å². The van der Waals surface area contributed by atoms with Crippen molar-refractivity contribution in [1.82, 2.24) is 10.3 Å². The Morgan fingerprint density at radius 1 is 1.35 bits per heavy atom. The Balaban J connectivity index is 2.24. The molecule has 0 aliphatic carbocycles. The number of aromatic amines is 1. The summed E-state index contributed by atoms with van der Waals surface area (Å²) in [6, 6.07) is 0. The van der Waals surface area contributed by atoms with Gasteiger partial charge in [-0.1, -0.05) is 0 Å². The first-order valence-electron chi connectivity index (χ1n) is 7.48. The molecule has 0 unspecified atom stereocenters. The van der Waals surface area contributed by atoms with Crippen molar-refractivity contribution in [3.05, 3.63) is 22.5 Å². The summed E-state index contributed by atoms with van der Waals surface area (Å²) in [4.78, 5) is 27.4. The molecule has 1 amide bonds. The van der Waals surface area contributed by atoms with Gasteiger partial charge in [-0.2, -0.15) is 0 Å². The molecule has 1 fully saturated rings. The van der Waals surface area contributed by atoms with Crippen LogP contribution in [0.15, 0.2) is 0 Å². The van der Waals surface area contributed by atoms with Gasteiger partial charge >= 0.3 is 5.97 Å². The summed E-state index contributed by atoms with van der Waals surface area (Å²) in [7, 11) is -3.11. The number of nitrogens with one attached hydrogen (secondary N) is 2. The standard InChI is InChI=1S/C15H22N2O5S/c1-5-22-14(19)11-9(2)12(16-10(11)3)13(18)17-15(4)6-7-23(20,21)8-15/h16H,5-8H2,1-4H3,(H,17,18)/t15-/m1/s1. The van der Waals surface area contributed by atoms with Crippen molar-refractivity contribution in [3.8, 4) is 0 Å². The highest BCUT2D eigenvalue weighted by atomic mass is 32.2. The number of ether oxygens (including phenoxy) is 1. The normalized spacial score (nSPS) is 22.8. The maximum absolute atomic E-state index is 12.5. The number of rotatable bonds is 4. The van der Waals surface area contributed by atoms with Gasteiger partial charge in [-0.05, 0) is 39.7 Å². The summed E-state index contributed by atoms with van der Waals surface area (Å²) in [5.41, 5.74) is 0.876. The minimum absolute atomic E-state index is 0.0700. The second-order valence-corrected chi connectivity index (χ2v) is 8.39.